The average Bonchev–Trinajstić information content (AvgIpc) is 2.78. The summed E-state index contributed by atoms with van der Waals surface area (Å²) in [6.07, 6.45) is 1.48. The molecule has 8 heteroatoms. The molecule has 0 saturated heterocycles. The van der Waals surface area contributed by atoms with E-state index in [1.54, 1.807) is 18.2 Å². The van der Waals surface area contributed by atoms with E-state index in [1.807, 2.05) is 42.5 Å². The Labute approximate surface area is 172 Å². The van der Waals surface area contributed by atoms with Gasteiger partial charge in [0.25, 0.3) is 5.91 Å². The first-order chi connectivity index (χ1) is 14.6. The van der Waals surface area contributed by atoms with Crippen LogP contribution in [0.15, 0.2) is 84.0 Å². The van der Waals surface area contributed by atoms with Crippen molar-refractivity contribution >= 4 is 17.8 Å². The number of carbonyl (C=O) groups is 1. The van der Waals surface area contributed by atoms with Crippen LogP contribution >= 0.6 is 0 Å². The smallest absolute Gasteiger partial charge is 0.310 e. The van der Waals surface area contributed by atoms with Gasteiger partial charge in [0.05, 0.1) is 11.1 Å². The van der Waals surface area contributed by atoms with Gasteiger partial charge in [-0.25, -0.2) is 5.43 Å². The molecule has 0 saturated carbocycles. The molecule has 30 heavy (non-hydrogen) atoms. The quantitative estimate of drug-likeness (QED) is 0.332. The van der Waals surface area contributed by atoms with Crippen molar-refractivity contribution in [2.75, 3.05) is 6.61 Å². The van der Waals surface area contributed by atoms with Gasteiger partial charge in [0, 0.05) is 6.07 Å². The number of nitro benzene ring substituents is 1. The van der Waals surface area contributed by atoms with Crippen molar-refractivity contribution in [1.29, 1.82) is 0 Å². The summed E-state index contributed by atoms with van der Waals surface area (Å²) >= 11 is 0. The topological polar surface area (TPSA) is 103 Å². The van der Waals surface area contributed by atoms with Crippen molar-refractivity contribution in [3.05, 3.63) is 100 Å². The van der Waals surface area contributed by atoms with Crippen LogP contribution in [-0.2, 0) is 11.4 Å². The molecule has 0 aliphatic heterocycles. The molecule has 3 rings (SSSR count). The predicted molar refractivity (Wildman–Crippen MR) is 112 cm³/mol. The summed E-state index contributed by atoms with van der Waals surface area (Å²) in [7, 11) is 0. The van der Waals surface area contributed by atoms with E-state index in [0.717, 1.165) is 16.9 Å². The largest absolute Gasteiger partial charge is 0.489 e. The minimum Gasteiger partial charge on any atom is -0.489 e. The molecule has 8 nitrogen and oxygen atoms in total. The van der Waals surface area contributed by atoms with Crippen molar-refractivity contribution in [2.45, 2.75) is 6.61 Å². The Morgan fingerprint density at radius 1 is 0.967 bits per heavy atom. The standard InChI is InChI=1S/C22H19N3O5/c26-22(16-30-21-9-5-4-8-20(21)25(27)28)24-23-14-17-10-12-19(13-11-17)29-15-18-6-2-1-3-7-18/h1-14H,15-16H2,(H,24,26)/b23-14+. The lowest BCUT2D eigenvalue weighted by Crippen LogP contribution is -2.24. The number of para-hydroxylation sites is 2. The number of hydrogen-bond acceptors (Lipinski definition) is 6. The van der Waals surface area contributed by atoms with Gasteiger partial charge in [-0.1, -0.05) is 42.5 Å². The van der Waals surface area contributed by atoms with E-state index in [4.69, 9.17) is 9.47 Å². The second kappa shape index (κ2) is 10.4. The maximum absolute atomic E-state index is 11.8. The van der Waals surface area contributed by atoms with Crippen molar-refractivity contribution in [3.63, 3.8) is 0 Å². The summed E-state index contributed by atoms with van der Waals surface area (Å²) < 4.78 is 10.9. The third-order valence-corrected chi connectivity index (χ3v) is 3.95. The number of nitrogens with one attached hydrogen (secondary N) is 1. The molecule has 0 aromatic heterocycles. The van der Waals surface area contributed by atoms with Crippen LogP contribution in [-0.4, -0.2) is 23.7 Å². The average molecular weight is 405 g/mol. The lowest BCUT2D eigenvalue weighted by atomic mass is 10.2. The minimum atomic E-state index is -0.571. The van der Waals surface area contributed by atoms with Crippen LogP contribution in [0, 0.1) is 10.1 Å². The van der Waals surface area contributed by atoms with Gasteiger partial charge in [-0.15, -0.1) is 0 Å². The van der Waals surface area contributed by atoms with Crippen LogP contribution in [0.1, 0.15) is 11.1 Å². The summed E-state index contributed by atoms with van der Waals surface area (Å²) in [5.41, 5.74) is 3.95. The molecule has 0 fully saturated rings. The molecule has 0 atom stereocenters. The highest BCUT2D eigenvalue weighted by molar-refractivity contribution is 5.83. The number of hydrazone groups is 1. The molecular weight excluding hydrogens is 386 g/mol. The van der Waals surface area contributed by atoms with Crippen LogP contribution in [0.5, 0.6) is 11.5 Å². The molecule has 3 aromatic rings. The second-order valence-corrected chi connectivity index (χ2v) is 6.15. The fraction of sp³-hybridized carbons (Fsp3) is 0.0909. The lowest BCUT2D eigenvalue weighted by Gasteiger charge is -2.06. The van der Waals surface area contributed by atoms with Crippen LogP contribution in [0.3, 0.4) is 0 Å². The second-order valence-electron chi connectivity index (χ2n) is 6.15. The number of ether oxygens (including phenoxy) is 2. The summed E-state index contributed by atoms with van der Waals surface area (Å²) in [6.45, 7) is 0.0817. The number of amides is 1. The number of carbonyl (C=O) groups excluding carboxylic acids is 1. The van der Waals surface area contributed by atoms with Gasteiger partial charge >= 0.3 is 5.69 Å². The van der Waals surface area contributed by atoms with Crippen molar-refractivity contribution in [3.8, 4) is 11.5 Å². The van der Waals surface area contributed by atoms with E-state index in [9.17, 15) is 14.9 Å². The summed E-state index contributed by atoms with van der Waals surface area (Å²) in [6, 6.07) is 22.9. The van der Waals surface area contributed by atoms with Gasteiger partial charge in [-0.05, 0) is 41.5 Å². The number of nitrogens with zero attached hydrogens (tertiary/aromatic N) is 2. The molecule has 1 N–H and O–H groups in total. The van der Waals surface area contributed by atoms with Crippen LogP contribution in [0.4, 0.5) is 5.69 Å². The van der Waals surface area contributed by atoms with E-state index in [2.05, 4.69) is 10.5 Å². The van der Waals surface area contributed by atoms with Gasteiger partial charge in [-0.2, -0.15) is 5.10 Å². The first kappa shape index (κ1) is 20.5. The lowest BCUT2D eigenvalue weighted by molar-refractivity contribution is -0.385. The minimum absolute atomic E-state index is 0.0210. The Balaban J connectivity index is 1.44. The zero-order valence-corrected chi connectivity index (χ0v) is 15.9. The maximum Gasteiger partial charge on any atom is 0.310 e. The highest BCUT2D eigenvalue weighted by atomic mass is 16.6. The molecule has 0 bridgehead atoms. The third kappa shape index (κ3) is 6.16. The van der Waals surface area contributed by atoms with Gasteiger partial charge < -0.3 is 9.47 Å². The normalized spacial score (nSPS) is 10.5. The monoisotopic (exact) mass is 405 g/mol. The Morgan fingerprint density at radius 2 is 1.67 bits per heavy atom. The zero-order valence-electron chi connectivity index (χ0n) is 15.9. The molecular formula is C22H19N3O5. The molecule has 0 aliphatic rings. The zero-order chi connectivity index (χ0) is 21.2. The van der Waals surface area contributed by atoms with E-state index >= 15 is 0 Å². The van der Waals surface area contributed by atoms with Crippen molar-refractivity contribution in [2.24, 2.45) is 5.10 Å². The van der Waals surface area contributed by atoms with Crippen molar-refractivity contribution in [1.82, 2.24) is 5.43 Å². The van der Waals surface area contributed by atoms with Gasteiger partial charge in [0.1, 0.15) is 12.4 Å². The van der Waals surface area contributed by atoms with Crippen LogP contribution < -0.4 is 14.9 Å². The summed E-state index contributed by atoms with van der Waals surface area (Å²) in [5, 5.41) is 14.8. The number of hydrogen-bond donors (Lipinski definition) is 1. The van der Waals surface area contributed by atoms with E-state index in [0.29, 0.717) is 6.61 Å². The highest BCUT2D eigenvalue weighted by Crippen LogP contribution is 2.25. The maximum atomic E-state index is 11.8. The van der Waals surface area contributed by atoms with Gasteiger partial charge in [0.2, 0.25) is 0 Å². The Hall–Kier alpha value is -4.20. The Kier molecular flexibility index (Phi) is 7.10. The molecule has 0 unspecified atom stereocenters. The molecule has 0 radical (unpaired) electrons. The first-order valence-electron chi connectivity index (χ1n) is 9.07. The van der Waals surface area contributed by atoms with Gasteiger partial charge in [-0.3, -0.25) is 14.9 Å². The summed E-state index contributed by atoms with van der Waals surface area (Å²) in [5.74, 6) is 0.206. The number of nitro groups is 1. The fourth-order valence-corrected chi connectivity index (χ4v) is 2.48. The van der Waals surface area contributed by atoms with Gasteiger partial charge in [0.15, 0.2) is 12.4 Å². The fourth-order valence-electron chi connectivity index (χ4n) is 2.48. The van der Waals surface area contributed by atoms with Crippen LogP contribution in [0.2, 0.25) is 0 Å². The highest BCUT2D eigenvalue weighted by Gasteiger charge is 2.14. The van der Waals surface area contributed by atoms with Crippen molar-refractivity contribution < 1.29 is 19.2 Å². The molecule has 0 aliphatic carbocycles. The molecule has 3 aromatic carbocycles. The molecule has 152 valence electrons. The number of benzene rings is 3. The molecule has 0 heterocycles. The van der Waals surface area contributed by atoms with E-state index < -0.39 is 17.4 Å². The first-order valence-corrected chi connectivity index (χ1v) is 9.07. The predicted octanol–water partition coefficient (Wildman–Crippen LogP) is 3.70. The SMILES string of the molecule is O=C(COc1ccccc1[N+](=O)[O-])N/N=C/c1ccc(OCc2ccccc2)cc1. The van der Waals surface area contributed by atoms with E-state index in [1.165, 1.54) is 24.4 Å². The molecule has 1 amide bonds. The Bertz CT molecular complexity index is 1020. The van der Waals surface area contributed by atoms with Crippen LogP contribution in [0.25, 0.3) is 0 Å². The molecule has 0 spiro atoms. The van der Waals surface area contributed by atoms with E-state index in [-0.39, 0.29) is 11.4 Å². The summed E-state index contributed by atoms with van der Waals surface area (Å²) in [4.78, 5) is 22.2. The third-order valence-electron chi connectivity index (χ3n) is 3.95. The number of rotatable bonds is 9. The Morgan fingerprint density at radius 3 is 2.40 bits per heavy atom.